The summed E-state index contributed by atoms with van der Waals surface area (Å²) in [7, 11) is 1.65. The van der Waals surface area contributed by atoms with E-state index in [4.69, 9.17) is 0 Å². The minimum absolute atomic E-state index is 0.0170. The Morgan fingerprint density at radius 3 is 2.50 bits per heavy atom. The number of nitrogens with one attached hydrogen (secondary N) is 1. The second kappa shape index (κ2) is 8.08. The van der Waals surface area contributed by atoms with Gasteiger partial charge in [-0.3, -0.25) is 14.5 Å². The van der Waals surface area contributed by atoms with E-state index < -0.39 is 0 Å². The zero-order valence-corrected chi connectivity index (χ0v) is 16.1. The van der Waals surface area contributed by atoms with Gasteiger partial charge in [0, 0.05) is 57.1 Å². The largest absolute Gasteiger partial charge is 0.372 e. The third kappa shape index (κ3) is 3.85. The number of carbonyl (C=O) groups excluding carboxylic acids is 2. The number of likely N-dealkylation sites (N-methyl/N-ethyl adjacent to an activating group) is 1. The van der Waals surface area contributed by atoms with Crippen LogP contribution in [0, 0.1) is 0 Å². The first-order valence-corrected chi connectivity index (χ1v) is 9.63. The number of benzene rings is 1. The third-order valence-corrected chi connectivity index (χ3v) is 5.49. The molecule has 142 valence electrons. The van der Waals surface area contributed by atoms with Crippen LogP contribution in [0.15, 0.2) is 24.3 Å². The van der Waals surface area contributed by atoms with Gasteiger partial charge in [0.15, 0.2) is 0 Å². The highest BCUT2D eigenvalue weighted by Crippen LogP contribution is 2.23. The maximum atomic E-state index is 13.1. The molecule has 3 rings (SSSR count). The zero-order valence-electron chi connectivity index (χ0n) is 16.1. The molecular weight excluding hydrogens is 328 g/mol. The second-order valence-corrected chi connectivity index (χ2v) is 7.46. The predicted molar refractivity (Wildman–Crippen MR) is 103 cm³/mol. The van der Waals surface area contributed by atoms with Crippen LogP contribution in [0.2, 0.25) is 0 Å². The molecule has 1 atom stereocenters. The number of piperazine rings is 1. The Labute approximate surface area is 156 Å². The molecule has 0 aliphatic carbocycles. The Morgan fingerprint density at radius 2 is 1.85 bits per heavy atom. The zero-order chi connectivity index (χ0) is 18.7. The molecule has 1 aromatic carbocycles. The van der Waals surface area contributed by atoms with Gasteiger partial charge in [-0.25, -0.2) is 0 Å². The number of amides is 2. The minimum Gasteiger partial charge on any atom is -0.372 e. The van der Waals surface area contributed by atoms with Crippen LogP contribution in [-0.2, 0) is 4.79 Å². The minimum atomic E-state index is -0.292. The predicted octanol–water partition coefficient (Wildman–Crippen LogP) is 1.57. The molecule has 0 bridgehead atoms. The highest BCUT2D eigenvalue weighted by atomic mass is 16.2. The Morgan fingerprint density at radius 1 is 1.12 bits per heavy atom. The monoisotopic (exact) mass is 358 g/mol. The molecule has 6 heteroatoms. The summed E-state index contributed by atoms with van der Waals surface area (Å²) >= 11 is 0. The topological polar surface area (TPSA) is 55.9 Å². The molecule has 6 nitrogen and oxygen atoms in total. The molecule has 0 aromatic heterocycles. The fourth-order valence-electron chi connectivity index (χ4n) is 3.99. The van der Waals surface area contributed by atoms with Gasteiger partial charge < -0.3 is 15.1 Å². The molecule has 2 aliphatic heterocycles. The Hall–Kier alpha value is -2.08. The smallest absolute Gasteiger partial charge is 0.254 e. The highest BCUT2D eigenvalue weighted by Gasteiger charge is 2.35. The van der Waals surface area contributed by atoms with Gasteiger partial charge in [-0.15, -0.1) is 0 Å². The summed E-state index contributed by atoms with van der Waals surface area (Å²) in [6.45, 7) is 8.10. The molecule has 0 saturated carbocycles. The maximum Gasteiger partial charge on any atom is 0.254 e. The lowest BCUT2D eigenvalue weighted by molar-refractivity contribution is -0.128. The van der Waals surface area contributed by atoms with E-state index in [1.165, 1.54) is 12.8 Å². The molecular formula is C20H30N4O2. The Kier molecular flexibility index (Phi) is 5.81. The standard InChI is InChI=1S/C20H30N4O2/c1-15(2)24-12-11-23(14-18(24)19(25)21-3)20(26)16-7-6-8-17(13-16)22-9-4-5-10-22/h6-8,13,15,18H,4-5,9-12,14H2,1-3H3,(H,21,25)/t18-/m1/s1. The van der Waals surface area contributed by atoms with Crippen LogP contribution in [0.25, 0.3) is 0 Å². The molecule has 26 heavy (non-hydrogen) atoms. The van der Waals surface area contributed by atoms with Gasteiger partial charge in [-0.05, 0) is 44.9 Å². The summed E-state index contributed by atoms with van der Waals surface area (Å²) in [4.78, 5) is 31.7. The average Bonchev–Trinajstić information content (AvgIpc) is 3.21. The van der Waals surface area contributed by atoms with Crippen molar-refractivity contribution in [3.63, 3.8) is 0 Å². The van der Waals surface area contributed by atoms with Crippen molar-refractivity contribution in [1.82, 2.24) is 15.1 Å². The van der Waals surface area contributed by atoms with Crippen molar-refractivity contribution in [2.75, 3.05) is 44.7 Å². The average molecular weight is 358 g/mol. The summed E-state index contributed by atoms with van der Waals surface area (Å²) in [5.41, 5.74) is 1.83. The fourth-order valence-corrected chi connectivity index (χ4v) is 3.99. The van der Waals surface area contributed by atoms with Crippen LogP contribution in [0.3, 0.4) is 0 Å². The molecule has 2 amide bonds. The number of carbonyl (C=O) groups is 2. The lowest BCUT2D eigenvalue weighted by Crippen LogP contribution is -2.61. The third-order valence-electron chi connectivity index (χ3n) is 5.49. The number of hydrogen-bond donors (Lipinski definition) is 1. The molecule has 0 unspecified atom stereocenters. The van der Waals surface area contributed by atoms with Crippen molar-refractivity contribution >= 4 is 17.5 Å². The van der Waals surface area contributed by atoms with Crippen molar-refractivity contribution in [1.29, 1.82) is 0 Å². The van der Waals surface area contributed by atoms with Gasteiger partial charge in [-0.2, -0.15) is 0 Å². The van der Waals surface area contributed by atoms with E-state index in [1.807, 2.05) is 23.1 Å². The number of anilines is 1. The Balaban J connectivity index is 1.75. The van der Waals surface area contributed by atoms with Crippen LogP contribution in [0.1, 0.15) is 37.0 Å². The van der Waals surface area contributed by atoms with Gasteiger partial charge in [-0.1, -0.05) is 6.07 Å². The quantitative estimate of drug-likeness (QED) is 0.888. The molecule has 0 spiro atoms. The first-order chi connectivity index (χ1) is 12.5. The van der Waals surface area contributed by atoms with Crippen LogP contribution < -0.4 is 10.2 Å². The van der Waals surface area contributed by atoms with E-state index in [2.05, 4.69) is 35.0 Å². The van der Waals surface area contributed by atoms with E-state index in [9.17, 15) is 9.59 Å². The summed E-state index contributed by atoms with van der Waals surface area (Å²) in [6, 6.07) is 7.89. The van der Waals surface area contributed by atoms with E-state index in [0.29, 0.717) is 25.2 Å². The SMILES string of the molecule is CNC(=O)[C@H]1CN(C(=O)c2cccc(N3CCCC3)c2)CCN1C(C)C. The summed E-state index contributed by atoms with van der Waals surface area (Å²) < 4.78 is 0. The van der Waals surface area contributed by atoms with Gasteiger partial charge >= 0.3 is 0 Å². The molecule has 2 saturated heterocycles. The van der Waals surface area contributed by atoms with Crippen LogP contribution in [0.4, 0.5) is 5.69 Å². The van der Waals surface area contributed by atoms with Crippen molar-refractivity contribution in [2.24, 2.45) is 0 Å². The normalized spacial score (nSPS) is 21.3. The lowest BCUT2D eigenvalue weighted by Gasteiger charge is -2.42. The van der Waals surface area contributed by atoms with Crippen molar-refractivity contribution in [2.45, 2.75) is 38.8 Å². The van der Waals surface area contributed by atoms with E-state index in [-0.39, 0.29) is 23.9 Å². The number of nitrogens with zero attached hydrogens (tertiary/aromatic N) is 3. The van der Waals surface area contributed by atoms with Crippen molar-refractivity contribution < 1.29 is 9.59 Å². The van der Waals surface area contributed by atoms with Gasteiger partial charge in [0.25, 0.3) is 5.91 Å². The molecule has 0 radical (unpaired) electrons. The summed E-state index contributed by atoms with van der Waals surface area (Å²) in [5, 5.41) is 2.74. The van der Waals surface area contributed by atoms with Crippen LogP contribution in [0.5, 0.6) is 0 Å². The second-order valence-electron chi connectivity index (χ2n) is 7.46. The lowest BCUT2D eigenvalue weighted by atomic mass is 10.1. The number of rotatable bonds is 4. The van der Waals surface area contributed by atoms with Gasteiger partial charge in [0.2, 0.25) is 5.91 Å². The van der Waals surface area contributed by atoms with Gasteiger partial charge in [0.05, 0.1) is 0 Å². The summed E-state index contributed by atoms with van der Waals surface area (Å²) in [6.07, 6.45) is 2.42. The van der Waals surface area contributed by atoms with Crippen LogP contribution in [-0.4, -0.2) is 73.5 Å². The molecule has 2 heterocycles. The molecule has 1 aromatic rings. The highest BCUT2D eigenvalue weighted by molar-refractivity contribution is 5.96. The first kappa shape index (κ1) is 18.7. The fraction of sp³-hybridized carbons (Fsp3) is 0.600. The maximum absolute atomic E-state index is 13.1. The molecule has 1 N–H and O–H groups in total. The van der Waals surface area contributed by atoms with Gasteiger partial charge in [0.1, 0.15) is 6.04 Å². The Bertz CT molecular complexity index is 655. The first-order valence-electron chi connectivity index (χ1n) is 9.63. The van der Waals surface area contributed by atoms with Crippen molar-refractivity contribution in [3.8, 4) is 0 Å². The van der Waals surface area contributed by atoms with E-state index in [1.54, 1.807) is 7.05 Å². The van der Waals surface area contributed by atoms with Crippen LogP contribution >= 0.6 is 0 Å². The molecule has 2 aliphatic rings. The van der Waals surface area contributed by atoms with E-state index >= 15 is 0 Å². The summed E-state index contributed by atoms with van der Waals surface area (Å²) in [5.74, 6) is -0.00891. The van der Waals surface area contributed by atoms with Crippen molar-refractivity contribution in [3.05, 3.63) is 29.8 Å². The molecule has 2 fully saturated rings. The van der Waals surface area contributed by atoms with E-state index in [0.717, 1.165) is 18.8 Å². The number of hydrogen-bond acceptors (Lipinski definition) is 4.